The highest BCUT2D eigenvalue weighted by atomic mass is 32.2. The van der Waals surface area contributed by atoms with Gasteiger partial charge in [0.15, 0.2) is 5.75 Å². The molecule has 0 saturated carbocycles. The molecule has 3 heterocycles. The van der Waals surface area contributed by atoms with E-state index >= 15 is 0 Å². The molecule has 0 aliphatic rings. The van der Waals surface area contributed by atoms with Crippen molar-refractivity contribution in [3.05, 3.63) is 84.1 Å². The summed E-state index contributed by atoms with van der Waals surface area (Å²) < 4.78 is 54.3. The molecule has 0 radical (unpaired) electrons. The monoisotopic (exact) mass is 570 g/mol. The van der Waals surface area contributed by atoms with Gasteiger partial charge in [0, 0.05) is 65.6 Å². The van der Waals surface area contributed by atoms with Gasteiger partial charge in [-0.2, -0.15) is 0 Å². The van der Waals surface area contributed by atoms with Crippen molar-refractivity contribution in [2.75, 3.05) is 28.2 Å². The smallest absolute Gasteiger partial charge is 0.246 e. The lowest BCUT2D eigenvalue weighted by Gasteiger charge is -2.22. The number of fused-ring (bicyclic) bond motifs is 1. The molecule has 0 aliphatic carbocycles. The van der Waals surface area contributed by atoms with E-state index in [-0.39, 0.29) is 15.8 Å². The van der Waals surface area contributed by atoms with Crippen LogP contribution in [0.5, 0.6) is 5.75 Å². The fourth-order valence-electron chi connectivity index (χ4n) is 3.99. The molecule has 1 N–H and O–H groups in total. The van der Waals surface area contributed by atoms with Crippen LogP contribution in [0.3, 0.4) is 0 Å². The number of pyridine rings is 3. The number of hydrogen-bond donors (Lipinski definition) is 1. The number of aromatic hydroxyl groups is 1. The zero-order valence-electron chi connectivity index (χ0n) is 22.1. The number of benzene rings is 1. The summed E-state index contributed by atoms with van der Waals surface area (Å²) in [5.74, 6) is -0.612. The van der Waals surface area contributed by atoms with Gasteiger partial charge in [-0.15, -0.1) is 0 Å². The molecule has 0 spiro atoms. The van der Waals surface area contributed by atoms with Crippen LogP contribution >= 0.6 is 0 Å². The Balaban J connectivity index is 1.84. The van der Waals surface area contributed by atoms with Crippen LogP contribution in [0, 0.1) is 0 Å². The van der Waals surface area contributed by atoms with Crippen LogP contribution in [0.2, 0.25) is 0 Å². The van der Waals surface area contributed by atoms with Crippen molar-refractivity contribution in [1.82, 2.24) is 28.5 Å². The van der Waals surface area contributed by atoms with E-state index in [1.165, 1.54) is 28.2 Å². The number of phenolic OH excluding ortho intramolecular Hbond substituents is 1. The summed E-state index contributed by atoms with van der Waals surface area (Å²) in [6.07, 6.45) is 3.42. The maximum atomic E-state index is 13.2. The third-order valence-corrected chi connectivity index (χ3v) is 9.75. The van der Waals surface area contributed by atoms with Crippen molar-refractivity contribution in [3.63, 3.8) is 0 Å². The van der Waals surface area contributed by atoms with Crippen LogP contribution in [0.25, 0.3) is 10.9 Å². The quantitative estimate of drug-likeness (QED) is 0.305. The third-order valence-electron chi connectivity index (χ3n) is 6.06. The van der Waals surface area contributed by atoms with Gasteiger partial charge in [0.25, 0.3) is 0 Å². The van der Waals surface area contributed by atoms with Gasteiger partial charge in [-0.05, 0) is 42.5 Å². The zero-order valence-corrected chi connectivity index (χ0v) is 23.7. The second-order valence-corrected chi connectivity index (χ2v) is 13.5. The van der Waals surface area contributed by atoms with E-state index in [2.05, 4.69) is 15.0 Å². The molecule has 0 atom stereocenters. The Morgan fingerprint density at radius 3 is 1.69 bits per heavy atom. The third kappa shape index (κ3) is 6.07. The second kappa shape index (κ2) is 11.3. The number of rotatable bonds is 10. The second-order valence-electron chi connectivity index (χ2n) is 9.28. The van der Waals surface area contributed by atoms with Gasteiger partial charge in [0.1, 0.15) is 10.4 Å². The molecule has 206 valence electrons. The average Bonchev–Trinajstić information content (AvgIpc) is 2.90. The van der Waals surface area contributed by atoms with Crippen molar-refractivity contribution in [2.45, 2.75) is 29.4 Å². The molecule has 0 fully saturated rings. The standard InChI is InChI=1S/C26H30N6O5S2/c1-30(2)38(34,35)23-15-24(39(36,37)31(3)4)26(33)25-22(23)12-11-21(29-25)18-32(16-19-9-5-7-13-27-19)17-20-10-6-8-14-28-20/h5-15,33H,16-18H2,1-4H3. The van der Waals surface area contributed by atoms with Crippen LogP contribution in [0.4, 0.5) is 0 Å². The lowest BCUT2D eigenvalue weighted by molar-refractivity contribution is 0.239. The SMILES string of the molecule is CN(C)S(=O)(=O)c1cc(S(=O)(=O)N(C)C)c2ccc(CN(Cc3ccccn3)Cc3ccccn3)nc2c1O. The van der Waals surface area contributed by atoms with Crippen molar-refractivity contribution < 1.29 is 21.9 Å². The summed E-state index contributed by atoms with van der Waals surface area (Å²) in [4.78, 5) is 14.6. The van der Waals surface area contributed by atoms with Gasteiger partial charge in [-0.3, -0.25) is 14.9 Å². The molecule has 39 heavy (non-hydrogen) atoms. The van der Waals surface area contributed by atoms with E-state index in [0.29, 0.717) is 25.3 Å². The summed E-state index contributed by atoms with van der Waals surface area (Å²) in [6.45, 7) is 1.24. The Hall–Kier alpha value is -3.49. The Labute approximate surface area is 228 Å². The number of phenols is 1. The number of nitrogens with zero attached hydrogens (tertiary/aromatic N) is 6. The molecular weight excluding hydrogens is 540 g/mol. The predicted octanol–water partition coefficient (Wildman–Crippen LogP) is 2.43. The Morgan fingerprint density at radius 1 is 0.692 bits per heavy atom. The van der Waals surface area contributed by atoms with Gasteiger partial charge < -0.3 is 5.11 Å². The van der Waals surface area contributed by atoms with E-state index in [9.17, 15) is 21.9 Å². The fraction of sp³-hybridized carbons (Fsp3) is 0.269. The van der Waals surface area contributed by atoms with Gasteiger partial charge in [-0.1, -0.05) is 12.1 Å². The maximum Gasteiger partial charge on any atom is 0.246 e. The number of aromatic nitrogens is 3. The zero-order chi connectivity index (χ0) is 28.4. The minimum Gasteiger partial charge on any atom is -0.504 e. The van der Waals surface area contributed by atoms with Crippen molar-refractivity contribution in [2.24, 2.45) is 0 Å². The molecule has 4 rings (SSSR count). The molecule has 4 aromatic rings. The molecule has 3 aromatic heterocycles. The minimum atomic E-state index is -4.19. The summed E-state index contributed by atoms with van der Waals surface area (Å²) in [5, 5.41) is 11.2. The van der Waals surface area contributed by atoms with E-state index in [4.69, 9.17) is 0 Å². The molecule has 0 bridgehead atoms. The fourth-order valence-corrected chi connectivity index (χ4v) is 6.17. The largest absolute Gasteiger partial charge is 0.504 e. The first-order valence-corrected chi connectivity index (χ1v) is 14.8. The van der Waals surface area contributed by atoms with Gasteiger partial charge in [0.05, 0.1) is 22.0 Å². The molecule has 0 aliphatic heterocycles. The Bertz CT molecular complexity index is 1640. The molecule has 0 saturated heterocycles. The van der Waals surface area contributed by atoms with Crippen LogP contribution in [0.1, 0.15) is 17.1 Å². The summed E-state index contributed by atoms with van der Waals surface area (Å²) in [7, 11) is -2.96. The first-order chi connectivity index (χ1) is 18.4. The minimum absolute atomic E-state index is 0.114. The average molecular weight is 571 g/mol. The lowest BCUT2D eigenvalue weighted by atomic mass is 10.1. The summed E-state index contributed by atoms with van der Waals surface area (Å²) >= 11 is 0. The van der Waals surface area contributed by atoms with E-state index in [1.54, 1.807) is 24.5 Å². The van der Waals surface area contributed by atoms with Gasteiger partial charge >= 0.3 is 0 Å². The van der Waals surface area contributed by atoms with E-state index in [0.717, 1.165) is 26.1 Å². The molecule has 1 aromatic carbocycles. The number of hydrogen-bond acceptors (Lipinski definition) is 9. The molecule has 11 nitrogen and oxygen atoms in total. The predicted molar refractivity (Wildman–Crippen MR) is 147 cm³/mol. The van der Waals surface area contributed by atoms with Crippen molar-refractivity contribution in [3.8, 4) is 5.75 Å². The first-order valence-electron chi connectivity index (χ1n) is 11.9. The van der Waals surface area contributed by atoms with Crippen LogP contribution in [0.15, 0.2) is 76.8 Å². The number of sulfonamides is 2. The Morgan fingerprint density at radius 2 is 1.21 bits per heavy atom. The van der Waals surface area contributed by atoms with Crippen LogP contribution < -0.4 is 0 Å². The summed E-state index contributed by atoms with van der Waals surface area (Å²) in [6, 6.07) is 15.5. The first kappa shape index (κ1) is 28.5. The van der Waals surface area contributed by atoms with Gasteiger partial charge in [-0.25, -0.2) is 30.4 Å². The van der Waals surface area contributed by atoms with Crippen molar-refractivity contribution >= 4 is 30.9 Å². The highest BCUT2D eigenvalue weighted by molar-refractivity contribution is 7.90. The highest BCUT2D eigenvalue weighted by Gasteiger charge is 2.30. The van der Waals surface area contributed by atoms with Crippen molar-refractivity contribution in [1.29, 1.82) is 0 Å². The normalized spacial score (nSPS) is 12.6. The van der Waals surface area contributed by atoms with Gasteiger partial charge in [0.2, 0.25) is 20.0 Å². The van der Waals surface area contributed by atoms with E-state index < -0.39 is 30.7 Å². The molecule has 13 heteroatoms. The molecule has 0 unspecified atom stereocenters. The van der Waals surface area contributed by atoms with Crippen LogP contribution in [-0.2, 0) is 39.7 Å². The summed E-state index contributed by atoms with van der Waals surface area (Å²) in [5.41, 5.74) is 2.04. The lowest BCUT2D eigenvalue weighted by Crippen LogP contribution is -2.25. The topological polar surface area (TPSA) is 137 Å². The highest BCUT2D eigenvalue weighted by Crippen LogP contribution is 2.37. The van der Waals surface area contributed by atoms with Crippen LogP contribution in [-0.4, -0.2) is 78.6 Å². The van der Waals surface area contributed by atoms with E-state index in [1.807, 2.05) is 41.3 Å². The molecule has 0 amide bonds. The Kier molecular flexibility index (Phi) is 8.28. The maximum absolute atomic E-state index is 13.2. The molecular formula is C26H30N6O5S2.